The minimum Gasteiger partial charge on any atom is -0.322 e. The summed E-state index contributed by atoms with van der Waals surface area (Å²) in [5, 5.41) is 4.39. The monoisotopic (exact) mass is 338 g/mol. The van der Waals surface area contributed by atoms with Gasteiger partial charge >= 0.3 is 0 Å². The Balaban J connectivity index is 1.75. The van der Waals surface area contributed by atoms with E-state index in [9.17, 15) is 0 Å². The van der Waals surface area contributed by atoms with Crippen LogP contribution in [-0.4, -0.2) is 19.7 Å². The van der Waals surface area contributed by atoms with Gasteiger partial charge < -0.3 is 4.98 Å². The quantitative estimate of drug-likeness (QED) is 0.596. The number of nitrogens with zero attached hydrogens (tertiary/aromatic N) is 3. The molecule has 0 bridgehead atoms. The summed E-state index contributed by atoms with van der Waals surface area (Å²) in [6.07, 6.45) is 3.82. The molecule has 0 fully saturated rings. The number of aromatic nitrogens is 4. The van der Waals surface area contributed by atoms with Crippen LogP contribution in [0.2, 0.25) is 0 Å². The summed E-state index contributed by atoms with van der Waals surface area (Å²) in [6.45, 7) is 0. The second-order valence-corrected chi connectivity index (χ2v) is 5.67. The third kappa shape index (κ3) is 2.25. The smallest absolute Gasteiger partial charge is 0.229 e. The number of aromatic amines is 1. The van der Waals surface area contributed by atoms with E-state index in [0.717, 1.165) is 32.6 Å². The average molecular weight is 339 g/mol. The molecule has 2 aromatic heterocycles. The van der Waals surface area contributed by atoms with Crippen LogP contribution in [0.4, 0.5) is 0 Å². The van der Waals surface area contributed by atoms with Crippen molar-refractivity contribution in [2.45, 2.75) is 0 Å². The van der Waals surface area contributed by atoms with E-state index in [4.69, 9.17) is 0 Å². The lowest BCUT2D eigenvalue weighted by Crippen LogP contribution is -1.95. The van der Waals surface area contributed by atoms with E-state index in [1.165, 1.54) is 0 Å². The molecule has 0 unspecified atom stereocenters. The molecule has 0 aliphatic rings. The van der Waals surface area contributed by atoms with E-state index in [2.05, 4.69) is 43.1 Å². The van der Waals surface area contributed by atoms with Crippen molar-refractivity contribution in [3.05, 3.63) is 65.4 Å². The number of benzene rings is 2. The largest absolute Gasteiger partial charge is 0.322 e. The SMILES string of the molecule is Brc1ccc(-c2cnn(-c3nc4ccccc4[nH]3)c2)cc1. The molecular formula is C16H11BrN4. The highest BCUT2D eigenvalue weighted by atomic mass is 79.9. The van der Waals surface area contributed by atoms with Gasteiger partial charge in [-0.15, -0.1) is 0 Å². The number of rotatable bonds is 2. The second-order valence-electron chi connectivity index (χ2n) is 4.76. The molecule has 0 aliphatic carbocycles. The third-order valence-corrected chi connectivity index (χ3v) is 3.88. The van der Waals surface area contributed by atoms with Crippen LogP contribution >= 0.6 is 15.9 Å². The highest BCUT2D eigenvalue weighted by molar-refractivity contribution is 9.10. The van der Waals surface area contributed by atoms with Crippen LogP contribution in [-0.2, 0) is 0 Å². The predicted octanol–water partition coefficient (Wildman–Crippen LogP) is 4.18. The molecule has 5 heteroatoms. The van der Waals surface area contributed by atoms with Crippen LogP contribution in [0.3, 0.4) is 0 Å². The Morgan fingerprint density at radius 3 is 2.57 bits per heavy atom. The Kier molecular flexibility index (Phi) is 2.86. The number of fused-ring (bicyclic) bond motifs is 1. The molecule has 21 heavy (non-hydrogen) atoms. The highest BCUT2D eigenvalue weighted by Gasteiger charge is 2.07. The number of halogens is 1. The topological polar surface area (TPSA) is 46.5 Å². The highest BCUT2D eigenvalue weighted by Crippen LogP contribution is 2.22. The van der Waals surface area contributed by atoms with Gasteiger partial charge in [-0.25, -0.2) is 9.67 Å². The lowest BCUT2D eigenvalue weighted by molar-refractivity contribution is 0.829. The summed E-state index contributed by atoms with van der Waals surface area (Å²) in [4.78, 5) is 7.81. The minimum atomic E-state index is 0.722. The molecule has 0 radical (unpaired) electrons. The van der Waals surface area contributed by atoms with Crippen molar-refractivity contribution in [1.29, 1.82) is 0 Å². The number of H-pyrrole nitrogens is 1. The van der Waals surface area contributed by atoms with E-state index in [1.807, 2.05) is 48.8 Å². The fourth-order valence-corrected chi connectivity index (χ4v) is 2.54. The van der Waals surface area contributed by atoms with Crippen molar-refractivity contribution in [3.63, 3.8) is 0 Å². The molecule has 0 aliphatic heterocycles. The van der Waals surface area contributed by atoms with Gasteiger partial charge in [0.25, 0.3) is 0 Å². The van der Waals surface area contributed by atoms with Gasteiger partial charge in [-0.2, -0.15) is 5.10 Å². The van der Waals surface area contributed by atoms with Crippen LogP contribution < -0.4 is 0 Å². The van der Waals surface area contributed by atoms with E-state index in [0.29, 0.717) is 0 Å². The first kappa shape index (κ1) is 12.3. The Morgan fingerprint density at radius 1 is 0.952 bits per heavy atom. The summed E-state index contributed by atoms with van der Waals surface area (Å²) >= 11 is 3.44. The van der Waals surface area contributed by atoms with Crippen molar-refractivity contribution >= 4 is 27.0 Å². The zero-order valence-electron chi connectivity index (χ0n) is 11.0. The Bertz CT molecular complexity index is 872. The van der Waals surface area contributed by atoms with Gasteiger partial charge in [0.05, 0.1) is 17.2 Å². The van der Waals surface area contributed by atoms with E-state index in [1.54, 1.807) is 4.68 Å². The van der Waals surface area contributed by atoms with Crippen molar-refractivity contribution < 1.29 is 0 Å². The summed E-state index contributed by atoms with van der Waals surface area (Å²) in [6, 6.07) is 16.1. The summed E-state index contributed by atoms with van der Waals surface area (Å²) in [5.74, 6) is 0.722. The maximum atomic E-state index is 4.54. The van der Waals surface area contributed by atoms with Crippen molar-refractivity contribution in [2.75, 3.05) is 0 Å². The van der Waals surface area contributed by atoms with Crippen LogP contribution in [0.5, 0.6) is 0 Å². The van der Waals surface area contributed by atoms with E-state index in [-0.39, 0.29) is 0 Å². The molecule has 2 heterocycles. The molecular weight excluding hydrogens is 328 g/mol. The third-order valence-electron chi connectivity index (χ3n) is 3.35. The van der Waals surface area contributed by atoms with Crippen molar-refractivity contribution in [2.24, 2.45) is 0 Å². The van der Waals surface area contributed by atoms with Gasteiger partial charge in [0.2, 0.25) is 5.95 Å². The molecule has 0 amide bonds. The van der Waals surface area contributed by atoms with E-state index < -0.39 is 0 Å². The van der Waals surface area contributed by atoms with Crippen molar-refractivity contribution in [3.8, 4) is 17.1 Å². The zero-order chi connectivity index (χ0) is 14.2. The van der Waals surface area contributed by atoms with Crippen LogP contribution in [0, 0.1) is 0 Å². The van der Waals surface area contributed by atoms with Crippen LogP contribution in [0.1, 0.15) is 0 Å². The molecule has 102 valence electrons. The first-order valence-electron chi connectivity index (χ1n) is 6.55. The van der Waals surface area contributed by atoms with Crippen LogP contribution in [0.25, 0.3) is 28.1 Å². The molecule has 4 aromatic rings. The predicted molar refractivity (Wildman–Crippen MR) is 86.4 cm³/mol. The van der Waals surface area contributed by atoms with Gasteiger partial charge in [-0.05, 0) is 29.8 Å². The Hall–Kier alpha value is -2.40. The molecule has 0 saturated carbocycles. The molecule has 0 saturated heterocycles. The fourth-order valence-electron chi connectivity index (χ4n) is 2.28. The number of nitrogens with one attached hydrogen (secondary N) is 1. The van der Waals surface area contributed by atoms with Gasteiger partial charge in [0.1, 0.15) is 0 Å². The van der Waals surface area contributed by atoms with Gasteiger partial charge in [-0.1, -0.05) is 40.2 Å². The summed E-state index contributed by atoms with van der Waals surface area (Å²) in [7, 11) is 0. The maximum Gasteiger partial charge on any atom is 0.229 e. The first-order valence-corrected chi connectivity index (χ1v) is 7.35. The Labute approximate surface area is 129 Å². The zero-order valence-corrected chi connectivity index (χ0v) is 12.6. The first-order chi connectivity index (χ1) is 10.3. The van der Waals surface area contributed by atoms with Crippen molar-refractivity contribution in [1.82, 2.24) is 19.7 Å². The molecule has 0 atom stereocenters. The number of hydrogen-bond donors (Lipinski definition) is 1. The molecule has 4 nitrogen and oxygen atoms in total. The van der Waals surface area contributed by atoms with Gasteiger partial charge in [-0.3, -0.25) is 0 Å². The molecule has 1 N–H and O–H groups in total. The lowest BCUT2D eigenvalue weighted by atomic mass is 10.1. The molecule has 2 aromatic carbocycles. The second kappa shape index (κ2) is 4.86. The summed E-state index contributed by atoms with van der Waals surface area (Å²) < 4.78 is 2.83. The number of para-hydroxylation sites is 2. The van der Waals surface area contributed by atoms with Crippen LogP contribution in [0.15, 0.2) is 65.4 Å². The standard InChI is InChI=1S/C16H11BrN4/c17-13-7-5-11(6-8-13)12-9-18-21(10-12)16-19-14-3-1-2-4-15(14)20-16/h1-10H,(H,19,20). The maximum absolute atomic E-state index is 4.54. The number of imidazole rings is 1. The average Bonchev–Trinajstić information content (AvgIpc) is 3.14. The van der Waals surface area contributed by atoms with Gasteiger partial charge in [0, 0.05) is 16.2 Å². The summed E-state index contributed by atoms with van der Waals surface area (Å²) in [5.41, 5.74) is 4.13. The fraction of sp³-hybridized carbons (Fsp3) is 0. The minimum absolute atomic E-state index is 0.722. The lowest BCUT2D eigenvalue weighted by Gasteiger charge is -1.97. The normalized spacial score (nSPS) is 11.1. The Morgan fingerprint density at radius 2 is 1.76 bits per heavy atom. The number of hydrogen-bond acceptors (Lipinski definition) is 2. The molecule has 0 spiro atoms. The van der Waals surface area contributed by atoms with Gasteiger partial charge in [0.15, 0.2) is 0 Å². The molecule has 4 rings (SSSR count). The van der Waals surface area contributed by atoms with E-state index >= 15 is 0 Å².